The van der Waals surface area contributed by atoms with Crippen LogP contribution < -0.4 is 5.32 Å². The lowest BCUT2D eigenvalue weighted by Gasteiger charge is -2.32. The normalized spacial score (nSPS) is 17.3. The quantitative estimate of drug-likeness (QED) is 0.895. The number of hydrogen-bond acceptors (Lipinski definition) is 4. The Morgan fingerprint density at radius 2 is 2.17 bits per heavy atom. The molecule has 3 heterocycles. The monoisotopic (exact) mass is 373 g/mol. The van der Waals surface area contributed by atoms with Gasteiger partial charge in [0, 0.05) is 31.7 Å². The summed E-state index contributed by atoms with van der Waals surface area (Å²) < 4.78 is 1.75. The first-order valence-corrected chi connectivity index (χ1v) is 7.83. The molecule has 2 aromatic rings. The number of amides is 1. The SMILES string of the molecule is CNCC1CCCN(C(=O)c2cnc3c(c2)c(C)nn3C)C1.Cl.Cl. The first-order valence-electron chi connectivity index (χ1n) is 7.83. The van der Waals surface area contributed by atoms with Gasteiger partial charge in [0.25, 0.3) is 5.91 Å². The molecule has 1 N–H and O–H groups in total. The molecule has 0 aliphatic carbocycles. The summed E-state index contributed by atoms with van der Waals surface area (Å²) in [4.78, 5) is 19.1. The molecule has 3 rings (SSSR count). The molecular weight excluding hydrogens is 349 g/mol. The zero-order valence-electron chi connectivity index (χ0n) is 14.3. The van der Waals surface area contributed by atoms with Crippen molar-refractivity contribution >= 4 is 41.8 Å². The fourth-order valence-electron chi connectivity index (χ4n) is 3.31. The fourth-order valence-corrected chi connectivity index (χ4v) is 3.31. The molecule has 1 aliphatic heterocycles. The number of nitrogens with one attached hydrogen (secondary N) is 1. The zero-order chi connectivity index (χ0) is 15.7. The lowest BCUT2D eigenvalue weighted by Crippen LogP contribution is -2.42. The van der Waals surface area contributed by atoms with Crippen LogP contribution in [0.4, 0.5) is 0 Å². The number of aryl methyl sites for hydroxylation is 2. The molecule has 1 unspecified atom stereocenters. The second kappa shape index (κ2) is 8.65. The lowest BCUT2D eigenvalue weighted by atomic mass is 9.97. The van der Waals surface area contributed by atoms with Crippen molar-refractivity contribution in [3.63, 3.8) is 0 Å². The first kappa shape index (κ1) is 20.7. The summed E-state index contributed by atoms with van der Waals surface area (Å²) in [6.45, 7) is 4.57. The van der Waals surface area contributed by atoms with Crippen molar-refractivity contribution in [2.75, 3.05) is 26.7 Å². The summed E-state index contributed by atoms with van der Waals surface area (Å²) in [5.41, 5.74) is 2.39. The van der Waals surface area contributed by atoms with E-state index in [1.54, 1.807) is 10.9 Å². The molecule has 1 atom stereocenters. The standard InChI is InChI=1S/C16H23N5O.2ClH/c1-11-14-7-13(9-18-15(14)20(3)19-11)16(22)21-6-4-5-12(10-21)8-17-2;;/h7,9,12,17H,4-6,8,10H2,1-3H3;2*1H. The van der Waals surface area contributed by atoms with Crippen LogP contribution in [0.25, 0.3) is 11.0 Å². The predicted molar refractivity (Wildman–Crippen MR) is 100 cm³/mol. The average molecular weight is 374 g/mol. The van der Waals surface area contributed by atoms with Gasteiger partial charge in [-0.15, -0.1) is 24.8 Å². The van der Waals surface area contributed by atoms with Gasteiger partial charge in [-0.25, -0.2) is 4.98 Å². The summed E-state index contributed by atoms with van der Waals surface area (Å²) in [7, 11) is 3.83. The summed E-state index contributed by atoms with van der Waals surface area (Å²) in [6.07, 6.45) is 3.93. The van der Waals surface area contributed by atoms with Crippen LogP contribution in [0.1, 0.15) is 28.9 Å². The van der Waals surface area contributed by atoms with Gasteiger partial charge in [-0.3, -0.25) is 9.48 Å². The van der Waals surface area contributed by atoms with Gasteiger partial charge in [-0.1, -0.05) is 0 Å². The molecule has 0 bridgehead atoms. The maximum Gasteiger partial charge on any atom is 0.255 e. The number of nitrogens with zero attached hydrogens (tertiary/aromatic N) is 4. The third-order valence-electron chi connectivity index (χ3n) is 4.41. The van der Waals surface area contributed by atoms with E-state index in [9.17, 15) is 4.79 Å². The lowest BCUT2D eigenvalue weighted by molar-refractivity contribution is 0.0674. The Kier molecular flexibility index (Phi) is 7.45. The van der Waals surface area contributed by atoms with Crippen LogP contribution in [0.15, 0.2) is 12.3 Å². The summed E-state index contributed by atoms with van der Waals surface area (Å²) in [5.74, 6) is 0.623. The first-order chi connectivity index (χ1) is 10.6. The molecule has 134 valence electrons. The van der Waals surface area contributed by atoms with Crippen LogP contribution in [0, 0.1) is 12.8 Å². The van der Waals surface area contributed by atoms with Gasteiger partial charge in [0.15, 0.2) is 5.65 Å². The van der Waals surface area contributed by atoms with E-state index in [1.165, 1.54) is 6.42 Å². The molecule has 1 fully saturated rings. The van der Waals surface area contributed by atoms with Crippen molar-refractivity contribution in [2.24, 2.45) is 13.0 Å². The molecule has 0 aromatic carbocycles. The molecule has 0 spiro atoms. The topological polar surface area (TPSA) is 63.1 Å². The maximum atomic E-state index is 12.7. The highest BCUT2D eigenvalue weighted by molar-refractivity contribution is 5.97. The van der Waals surface area contributed by atoms with Gasteiger partial charge >= 0.3 is 0 Å². The van der Waals surface area contributed by atoms with Crippen molar-refractivity contribution in [1.82, 2.24) is 25.0 Å². The molecule has 8 heteroatoms. The van der Waals surface area contributed by atoms with Gasteiger partial charge in [-0.2, -0.15) is 5.10 Å². The number of pyridine rings is 1. The van der Waals surface area contributed by atoms with Gasteiger partial charge in [0.1, 0.15) is 0 Å². The minimum Gasteiger partial charge on any atom is -0.338 e. The van der Waals surface area contributed by atoms with Gasteiger partial charge in [0.2, 0.25) is 0 Å². The number of likely N-dealkylation sites (tertiary alicyclic amines) is 1. The molecule has 1 saturated heterocycles. The van der Waals surface area contributed by atoms with Gasteiger partial charge in [0.05, 0.1) is 11.3 Å². The molecule has 1 amide bonds. The van der Waals surface area contributed by atoms with E-state index in [2.05, 4.69) is 15.4 Å². The van der Waals surface area contributed by atoms with Gasteiger partial charge < -0.3 is 10.2 Å². The van der Waals surface area contributed by atoms with Crippen molar-refractivity contribution in [3.8, 4) is 0 Å². The summed E-state index contributed by atoms with van der Waals surface area (Å²) in [6, 6.07) is 1.93. The van der Waals surface area contributed by atoms with Crippen LogP contribution in [-0.4, -0.2) is 52.3 Å². The van der Waals surface area contributed by atoms with Crippen LogP contribution in [0.3, 0.4) is 0 Å². The number of carbonyl (C=O) groups excluding carboxylic acids is 1. The predicted octanol–water partition coefficient (Wildman–Crippen LogP) is 2.19. The Morgan fingerprint density at radius 3 is 2.88 bits per heavy atom. The Labute approximate surface area is 154 Å². The van der Waals surface area contributed by atoms with E-state index >= 15 is 0 Å². The van der Waals surface area contributed by atoms with Crippen LogP contribution in [0.2, 0.25) is 0 Å². The smallest absolute Gasteiger partial charge is 0.255 e. The highest BCUT2D eigenvalue weighted by Crippen LogP contribution is 2.21. The summed E-state index contributed by atoms with van der Waals surface area (Å²) >= 11 is 0. The van der Waals surface area contributed by atoms with E-state index in [1.807, 2.05) is 32.0 Å². The van der Waals surface area contributed by atoms with Crippen LogP contribution in [-0.2, 0) is 7.05 Å². The van der Waals surface area contributed by atoms with Crippen molar-refractivity contribution in [1.29, 1.82) is 0 Å². The number of piperidine rings is 1. The highest BCUT2D eigenvalue weighted by Gasteiger charge is 2.24. The number of rotatable bonds is 3. The molecular formula is C16H25Cl2N5O. The number of carbonyl (C=O) groups is 1. The fraction of sp³-hybridized carbons (Fsp3) is 0.562. The Morgan fingerprint density at radius 1 is 1.42 bits per heavy atom. The third-order valence-corrected chi connectivity index (χ3v) is 4.41. The van der Waals surface area contributed by atoms with Crippen molar-refractivity contribution in [2.45, 2.75) is 19.8 Å². The van der Waals surface area contributed by atoms with Crippen LogP contribution in [0.5, 0.6) is 0 Å². The number of fused-ring (bicyclic) bond motifs is 1. The molecule has 6 nitrogen and oxygen atoms in total. The van der Waals surface area contributed by atoms with E-state index in [4.69, 9.17) is 0 Å². The largest absolute Gasteiger partial charge is 0.338 e. The van der Waals surface area contributed by atoms with E-state index in [0.717, 1.165) is 42.8 Å². The number of aromatic nitrogens is 3. The number of halogens is 2. The van der Waals surface area contributed by atoms with Crippen LogP contribution >= 0.6 is 24.8 Å². The molecule has 24 heavy (non-hydrogen) atoms. The van der Waals surface area contributed by atoms with Crippen molar-refractivity contribution < 1.29 is 4.79 Å². The van der Waals surface area contributed by atoms with E-state index < -0.39 is 0 Å². The van der Waals surface area contributed by atoms with E-state index in [0.29, 0.717) is 11.5 Å². The second-order valence-electron chi connectivity index (χ2n) is 6.12. The highest BCUT2D eigenvalue weighted by atomic mass is 35.5. The van der Waals surface area contributed by atoms with Gasteiger partial charge in [-0.05, 0) is 45.3 Å². The molecule has 0 radical (unpaired) electrons. The number of hydrogen-bond donors (Lipinski definition) is 1. The minimum atomic E-state index is 0. The Bertz CT molecular complexity index is 701. The van der Waals surface area contributed by atoms with E-state index in [-0.39, 0.29) is 30.7 Å². The average Bonchev–Trinajstić information content (AvgIpc) is 2.81. The maximum absolute atomic E-state index is 12.7. The third kappa shape index (κ3) is 3.99. The van der Waals surface area contributed by atoms with Crippen molar-refractivity contribution in [3.05, 3.63) is 23.5 Å². The Balaban J connectivity index is 0.00000144. The minimum absolute atomic E-state index is 0. The summed E-state index contributed by atoms with van der Waals surface area (Å²) in [5, 5.41) is 8.53. The molecule has 1 aliphatic rings. The second-order valence-corrected chi connectivity index (χ2v) is 6.12. The Hall–Kier alpha value is -1.37. The molecule has 2 aromatic heterocycles. The zero-order valence-corrected chi connectivity index (χ0v) is 15.9. The molecule has 0 saturated carbocycles.